The molecule has 0 bridgehead atoms. The van der Waals surface area contributed by atoms with Crippen molar-refractivity contribution >= 4 is 5.91 Å². The second-order valence-electron chi connectivity index (χ2n) is 5.04. The average molecular weight is 272 g/mol. The van der Waals surface area contributed by atoms with Crippen LogP contribution in [0.1, 0.15) is 46.5 Å². The molecular formula is C15H32N2O2. The van der Waals surface area contributed by atoms with Crippen molar-refractivity contribution in [1.82, 2.24) is 9.80 Å². The number of nitrogens with zero attached hydrogens (tertiary/aromatic N) is 2. The average Bonchev–Trinajstić information content (AvgIpc) is 2.43. The Morgan fingerprint density at radius 3 is 2.05 bits per heavy atom. The number of likely N-dealkylation sites (N-methyl/N-ethyl adjacent to an activating group) is 1. The molecule has 19 heavy (non-hydrogen) atoms. The molecule has 0 aromatic rings. The quantitative estimate of drug-likeness (QED) is 0.511. The monoisotopic (exact) mass is 272 g/mol. The summed E-state index contributed by atoms with van der Waals surface area (Å²) >= 11 is 0. The van der Waals surface area contributed by atoms with Gasteiger partial charge in [0, 0.05) is 19.6 Å². The Kier molecular flexibility index (Phi) is 12.0. The Morgan fingerprint density at radius 2 is 1.58 bits per heavy atom. The molecule has 114 valence electrons. The molecule has 0 aliphatic heterocycles. The first-order valence-electron chi connectivity index (χ1n) is 7.69. The molecule has 0 aliphatic carbocycles. The van der Waals surface area contributed by atoms with Gasteiger partial charge >= 0.3 is 0 Å². The number of unbranched alkanes of at least 4 members (excludes halogenated alkanes) is 2. The molecule has 0 N–H and O–H groups in total. The Labute approximate surface area is 119 Å². The number of carbonyl (C=O) groups excluding carboxylic acids is 1. The van der Waals surface area contributed by atoms with Crippen LogP contribution in [0.5, 0.6) is 0 Å². The van der Waals surface area contributed by atoms with Crippen LogP contribution in [0, 0.1) is 0 Å². The van der Waals surface area contributed by atoms with Crippen LogP contribution in [-0.4, -0.2) is 62.1 Å². The largest absolute Gasteiger partial charge is 0.370 e. The summed E-state index contributed by atoms with van der Waals surface area (Å²) in [7, 11) is 2.06. The van der Waals surface area contributed by atoms with E-state index in [1.807, 2.05) is 4.90 Å². The predicted octanol–water partition coefficient (Wildman–Crippen LogP) is 2.38. The summed E-state index contributed by atoms with van der Waals surface area (Å²) < 4.78 is 5.48. The van der Waals surface area contributed by atoms with Crippen molar-refractivity contribution in [2.45, 2.75) is 46.5 Å². The topological polar surface area (TPSA) is 32.8 Å². The predicted molar refractivity (Wildman–Crippen MR) is 80.4 cm³/mol. The van der Waals surface area contributed by atoms with Crippen molar-refractivity contribution < 1.29 is 9.53 Å². The fourth-order valence-electron chi connectivity index (χ4n) is 1.69. The Bertz CT molecular complexity index is 214. The molecule has 0 rings (SSSR count). The zero-order valence-electron chi connectivity index (χ0n) is 13.3. The molecule has 0 saturated heterocycles. The van der Waals surface area contributed by atoms with Crippen LogP contribution in [-0.2, 0) is 9.53 Å². The maximum atomic E-state index is 12.1. The molecule has 1 amide bonds. The van der Waals surface area contributed by atoms with Gasteiger partial charge in [-0.25, -0.2) is 0 Å². The molecule has 0 fully saturated rings. The first kappa shape index (κ1) is 18.4. The summed E-state index contributed by atoms with van der Waals surface area (Å²) in [5.74, 6) is 0.140. The molecule has 0 heterocycles. The summed E-state index contributed by atoms with van der Waals surface area (Å²) in [6.45, 7) is 10.9. The standard InChI is InChI=1S/C15H32N2O2/c1-5-8-10-17(11-9-6-2)15(18)14-19-13-12-16(4)7-3/h5-14H2,1-4H3. The second kappa shape index (κ2) is 12.4. The van der Waals surface area contributed by atoms with E-state index in [0.29, 0.717) is 6.61 Å². The minimum atomic E-state index is 0.140. The number of carbonyl (C=O) groups is 1. The summed E-state index contributed by atoms with van der Waals surface area (Å²) in [5.41, 5.74) is 0. The third kappa shape index (κ3) is 9.91. The Hall–Kier alpha value is -0.610. The zero-order chi connectivity index (χ0) is 14.5. The maximum Gasteiger partial charge on any atom is 0.248 e. The fraction of sp³-hybridized carbons (Fsp3) is 0.933. The lowest BCUT2D eigenvalue weighted by Crippen LogP contribution is -2.36. The highest BCUT2D eigenvalue weighted by Gasteiger charge is 2.12. The molecule has 0 aromatic carbocycles. The van der Waals surface area contributed by atoms with Crippen molar-refractivity contribution in [3.8, 4) is 0 Å². The van der Waals surface area contributed by atoms with Crippen LogP contribution < -0.4 is 0 Å². The van der Waals surface area contributed by atoms with Gasteiger partial charge in [0.25, 0.3) is 0 Å². The summed E-state index contributed by atoms with van der Waals surface area (Å²) in [6, 6.07) is 0. The summed E-state index contributed by atoms with van der Waals surface area (Å²) in [6.07, 6.45) is 4.40. The van der Waals surface area contributed by atoms with Gasteiger partial charge in [-0.05, 0) is 26.4 Å². The molecule has 0 radical (unpaired) electrons. The third-order valence-corrected chi connectivity index (χ3v) is 3.30. The summed E-state index contributed by atoms with van der Waals surface area (Å²) in [5, 5.41) is 0. The van der Waals surface area contributed by atoms with E-state index in [-0.39, 0.29) is 12.5 Å². The van der Waals surface area contributed by atoms with Crippen LogP contribution in [0.25, 0.3) is 0 Å². The van der Waals surface area contributed by atoms with Crippen LogP contribution in [0.4, 0.5) is 0 Å². The molecule has 0 spiro atoms. The van der Waals surface area contributed by atoms with E-state index < -0.39 is 0 Å². The lowest BCUT2D eigenvalue weighted by Gasteiger charge is -2.22. The lowest BCUT2D eigenvalue weighted by atomic mass is 10.2. The Balaban J connectivity index is 3.88. The normalized spacial score (nSPS) is 11.0. The van der Waals surface area contributed by atoms with Gasteiger partial charge in [-0.1, -0.05) is 33.6 Å². The second-order valence-corrected chi connectivity index (χ2v) is 5.04. The molecule has 0 unspecified atom stereocenters. The molecule has 0 atom stereocenters. The molecule has 4 heteroatoms. The van der Waals surface area contributed by atoms with Crippen LogP contribution in [0.3, 0.4) is 0 Å². The van der Waals surface area contributed by atoms with E-state index in [1.165, 1.54) is 0 Å². The first-order valence-corrected chi connectivity index (χ1v) is 7.69. The molecule has 4 nitrogen and oxygen atoms in total. The van der Waals surface area contributed by atoms with Crippen molar-refractivity contribution in [3.05, 3.63) is 0 Å². The van der Waals surface area contributed by atoms with Crippen LogP contribution in [0.15, 0.2) is 0 Å². The molecule has 0 aliphatic rings. The number of amides is 1. The highest BCUT2D eigenvalue weighted by Crippen LogP contribution is 2.00. The summed E-state index contributed by atoms with van der Waals surface area (Å²) in [4.78, 5) is 16.2. The minimum absolute atomic E-state index is 0.140. The van der Waals surface area contributed by atoms with E-state index in [1.54, 1.807) is 0 Å². The van der Waals surface area contributed by atoms with Crippen molar-refractivity contribution in [2.75, 3.05) is 46.4 Å². The first-order chi connectivity index (χ1) is 9.15. The van der Waals surface area contributed by atoms with E-state index in [0.717, 1.165) is 51.9 Å². The van der Waals surface area contributed by atoms with Gasteiger partial charge < -0.3 is 14.5 Å². The zero-order valence-corrected chi connectivity index (χ0v) is 13.3. The van der Waals surface area contributed by atoms with Crippen molar-refractivity contribution in [3.63, 3.8) is 0 Å². The molecule has 0 aromatic heterocycles. The highest BCUT2D eigenvalue weighted by atomic mass is 16.5. The van der Waals surface area contributed by atoms with Crippen molar-refractivity contribution in [2.24, 2.45) is 0 Å². The van der Waals surface area contributed by atoms with Gasteiger partial charge in [-0.15, -0.1) is 0 Å². The maximum absolute atomic E-state index is 12.1. The number of hydrogen-bond donors (Lipinski definition) is 0. The van der Waals surface area contributed by atoms with Crippen molar-refractivity contribution in [1.29, 1.82) is 0 Å². The number of rotatable bonds is 12. The van der Waals surface area contributed by atoms with Gasteiger partial charge in [0.2, 0.25) is 5.91 Å². The molecular weight excluding hydrogens is 240 g/mol. The van der Waals surface area contributed by atoms with Crippen LogP contribution in [0.2, 0.25) is 0 Å². The highest BCUT2D eigenvalue weighted by molar-refractivity contribution is 5.77. The minimum Gasteiger partial charge on any atom is -0.370 e. The van der Waals surface area contributed by atoms with Crippen LogP contribution >= 0.6 is 0 Å². The molecule has 0 saturated carbocycles. The Morgan fingerprint density at radius 1 is 1.00 bits per heavy atom. The van der Waals surface area contributed by atoms with E-state index >= 15 is 0 Å². The fourth-order valence-corrected chi connectivity index (χ4v) is 1.69. The smallest absolute Gasteiger partial charge is 0.248 e. The van der Waals surface area contributed by atoms with Gasteiger partial charge in [-0.3, -0.25) is 4.79 Å². The van der Waals surface area contributed by atoms with E-state index in [9.17, 15) is 4.79 Å². The van der Waals surface area contributed by atoms with Gasteiger partial charge in [-0.2, -0.15) is 0 Å². The van der Waals surface area contributed by atoms with E-state index in [2.05, 4.69) is 32.7 Å². The van der Waals surface area contributed by atoms with Gasteiger partial charge in [0.05, 0.1) is 6.61 Å². The number of hydrogen-bond acceptors (Lipinski definition) is 3. The van der Waals surface area contributed by atoms with E-state index in [4.69, 9.17) is 4.74 Å². The SMILES string of the molecule is CCCCN(CCCC)C(=O)COCCN(C)CC. The number of ether oxygens (including phenoxy) is 1. The lowest BCUT2D eigenvalue weighted by molar-refractivity contribution is -0.136. The third-order valence-electron chi connectivity index (χ3n) is 3.30. The van der Waals surface area contributed by atoms with Gasteiger partial charge in [0.15, 0.2) is 0 Å². The van der Waals surface area contributed by atoms with Gasteiger partial charge in [0.1, 0.15) is 6.61 Å².